The number of amides is 2. The molecular weight excluding hydrogens is 310 g/mol. The van der Waals surface area contributed by atoms with E-state index in [1.54, 1.807) is 28.8 Å². The second-order valence-electron chi connectivity index (χ2n) is 5.81. The maximum absolute atomic E-state index is 12.5. The van der Waals surface area contributed by atoms with Gasteiger partial charge in [0.15, 0.2) is 0 Å². The summed E-state index contributed by atoms with van der Waals surface area (Å²) in [5, 5.41) is 4.15. The third kappa shape index (κ3) is 4.31. The highest BCUT2D eigenvalue weighted by Gasteiger charge is 2.22. The number of carbonyl (C=O) groups is 1. The van der Waals surface area contributed by atoms with Gasteiger partial charge in [0.2, 0.25) is 0 Å². The molecular formula is C16H25N5OS. The average molecular weight is 335 g/mol. The molecule has 0 aliphatic heterocycles. The SMILES string of the molecule is CCc1nc(C)c([C@H](C)N(C)C(=O)N[C@H](C)Cn2ccnc2)s1. The Labute approximate surface area is 141 Å². The van der Waals surface area contributed by atoms with E-state index < -0.39 is 0 Å². The summed E-state index contributed by atoms with van der Waals surface area (Å²) < 4.78 is 1.95. The van der Waals surface area contributed by atoms with Crippen molar-refractivity contribution in [3.8, 4) is 0 Å². The number of urea groups is 1. The van der Waals surface area contributed by atoms with E-state index in [4.69, 9.17) is 0 Å². The standard InChI is InChI=1S/C16H25N5OS/c1-6-14-19-12(3)15(23-14)13(4)20(5)16(22)18-11(2)9-21-8-7-17-10-21/h7-8,10-11,13H,6,9H2,1-5H3,(H,18,22)/t11-,13+/m1/s1. The monoisotopic (exact) mass is 335 g/mol. The topological polar surface area (TPSA) is 63.1 Å². The highest BCUT2D eigenvalue weighted by molar-refractivity contribution is 7.11. The molecule has 0 bridgehead atoms. The maximum Gasteiger partial charge on any atom is 0.317 e. The van der Waals surface area contributed by atoms with Crippen molar-refractivity contribution in [3.63, 3.8) is 0 Å². The van der Waals surface area contributed by atoms with Crippen LogP contribution in [0.1, 0.15) is 42.4 Å². The summed E-state index contributed by atoms with van der Waals surface area (Å²) in [6, 6.07) is -0.0377. The average Bonchev–Trinajstić information content (AvgIpc) is 3.14. The number of hydrogen-bond donors (Lipinski definition) is 1. The van der Waals surface area contributed by atoms with Gasteiger partial charge in [-0.2, -0.15) is 0 Å². The van der Waals surface area contributed by atoms with Crippen molar-refractivity contribution in [2.45, 2.75) is 52.7 Å². The first-order chi connectivity index (χ1) is 10.9. The molecule has 0 unspecified atom stereocenters. The first-order valence-corrected chi connectivity index (χ1v) is 8.69. The zero-order valence-electron chi connectivity index (χ0n) is 14.4. The number of thiazole rings is 1. The number of nitrogens with zero attached hydrogens (tertiary/aromatic N) is 4. The summed E-state index contributed by atoms with van der Waals surface area (Å²) in [5.41, 5.74) is 1.02. The van der Waals surface area contributed by atoms with E-state index in [-0.39, 0.29) is 18.1 Å². The summed E-state index contributed by atoms with van der Waals surface area (Å²) in [5.74, 6) is 0. The Bertz CT molecular complexity index is 637. The van der Waals surface area contributed by atoms with Crippen LogP contribution in [0.4, 0.5) is 4.79 Å². The van der Waals surface area contributed by atoms with E-state index in [9.17, 15) is 4.79 Å². The lowest BCUT2D eigenvalue weighted by Gasteiger charge is -2.26. The summed E-state index contributed by atoms with van der Waals surface area (Å²) >= 11 is 1.69. The van der Waals surface area contributed by atoms with Gasteiger partial charge in [-0.1, -0.05) is 6.92 Å². The smallest absolute Gasteiger partial charge is 0.317 e. The van der Waals surface area contributed by atoms with Crippen molar-refractivity contribution < 1.29 is 4.79 Å². The number of rotatable bonds is 6. The van der Waals surface area contributed by atoms with Gasteiger partial charge in [-0.05, 0) is 27.2 Å². The van der Waals surface area contributed by atoms with Gasteiger partial charge in [-0.15, -0.1) is 11.3 Å². The minimum atomic E-state index is -0.0732. The zero-order valence-corrected chi connectivity index (χ0v) is 15.2. The first kappa shape index (κ1) is 17.5. The Kier molecular flexibility index (Phi) is 5.76. The minimum absolute atomic E-state index is 0.00763. The van der Waals surface area contributed by atoms with Crippen LogP contribution in [0.25, 0.3) is 0 Å². The van der Waals surface area contributed by atoms with Crippen LogP contribution < -0.4 is 5.32 Å². The van der Waals surface area contributed by atoms with E-state index in [1.807, 2.05) is 38.6 Å². The summed E-state index contributed by atoms with van der Waals surface area (Å²) in [6.45, 7) is 8.84. The van der Waals surface area contributed by atoms with E-state index in [0.29, 0.717) is 6.54 Å². The first-order valence-electron chi connectivity index (χ1n) is 7.87. The molecule has 23 heavy (non-hydrogen) atoms. The molecule has 0 radical (unpaired) electrons. The number of aryl methyl sites for hydroxylation is 2. The van der Waals surface area contributed by atoms with Crippen molar-refractivity contribution in [3.05, 3.63) is 34.3 Å². The fourth-order valence-electron chi connectivity index (χ4n) is 2.43. The predicted octanol–water partition coefficient (Wildman–Crippen LogP) is 3.00. The fraction of sp³-hybridized carbons (Fsp3) is 0.562. The van der Waals surface area contributed by atoms with E-state index >= 15 is 0 Å². The van der Waals surface area contributed by atoms with Crippen LogP contribution in [-0.4, -0.2) is 38.6 Å². The Hall–Kier alpha value is -1.89. The van der Waals surface area contributed by atoms with Crippen molar-refractivity contribution in [1.29, 1.82) is 0 Å². The molecule has 2 aromatic rings. The molecule has 2 rings (SSSR count). The van der Waals surface area contributed by atoms with Gasteiger partial charge in [0.05, 0.1) is 23.1 Å². The summed E-state index contributed by atoms with van der Waals surface area (Å²) in [6.07, 6.45) is 6.31. The molecule has 0 spiro atoms. The molecule has 126 valence electrons. The molecule has 0 saturated heterocycles. The van der Waals surface area contributed by atoms with Crippen LogP contribution in [0.15, 0.2) is 18.7 Å². The largest absolute Gasteiger partial charge is 0.335 e. The van der Waals surface area contributed by atoms with Crippen molar-refractivity contribution in [1.82, 2.24) is 24.8 Å². The van der Waals surface area contributed by atoms with Crippen LogP contribution in [0.5, 0.6) is 0 Å². The predicted molar refractivity (Wildman–Crippen MR) is 92.6 cm³/mol. The Morgan fingerprint density at radius 2 is 2.22 bits per heavy atom. The summed E-state index contributed by atoms with van der Waals surface area (Å²) in [4.78, 5) is 23.9. The Balaban J connectivity index is 1.96. The highest BCUT2D eigenvalue weighted by atomic mass is 32.1. The number of hydrogen-bond acceptors (Lipinski definition) is 4. The van der Waals surface area contributed by atoms with E-state index in [1.165, 1.54) is 0 Å². The molecule has 7 heteroatoms. The second kappa shape index (κ2) is 7.59. The molecule has 0 saturated carbocycles. The van der Waals surface area contributed by atoms with Crippen LogP contribution in [0, 0.1) is 6.92 Å². The van der Waals surface area contributed by atoms with Gasteiger partial charge < -0.3 is 14.8 Å². The van der Waals surface area contributed by atoms with Gasteiger partial charge in [-0.25, -0.2) is 14.8 Å². The van der Waals surface area contributed by atoms with E-state index in [2.05, 4.69) is 22.2 Å². The molecule has 2 amide bonds. The molecule has 0 aliphatic rings. The fourth-order valence-corrected chi connectivity index (χ4v) is 3.53. The van der Waals surface area contributed by atoms with Gasteiger partial charge in [0.25, 0.3) is 0 Å². The molecule has 0 aromatic carbocycles. The quantitative estimate of drug-likeness (QED) is 0.882. The molecule has 1 N–H and O–H groups in total. The van der Waals surface area contributed by atoms with Crippen molar-refractivity contribution in [2.75, 3.05) is 7.05 Å². The molecule has 0 aliphatic carbocycles. The Morgan fingerprint density at radius 1 is 1.48 bits per heavy atom. The third-order valence-corrected chi connectivity index (χ3v) is 5.35. The van der Waals surface area contributed by atoms with E-state index in [0.717, 1.165) is 22.0 Å². The van der Waals surface area contributed by atoms with Gasteiger partial charge >= 0.3 is 6.03 Å². The van der Waals surface area contributed by atoms with Gasteiger partial charge in [0, 0.05) is 36.9 Å². The van der Waals surface area contributed by atoms with Crippen LogP contribution >= 0.6 is 11.3 Å². The van der Waals surface area contributed by atoms with Crippen molar-refractivity contribution in [2.24, 2.45) is 0 Å². The Morgan fingerprint density at radius 3 is 2.78 bits per heavy atom. The maximum atomic E-state index is 12.5. The normalized spacial score (nSPS) is 13.6. The number of nitrogens with one attached hydrogen (secondary N) is 1. The van der Waals surface area contributed by atoms with Gasteiger partial charge in [0.1, 0.15) is 0 Å². The number of aromatic nitrogens is 3. The molecule has 6 nitrogen and oxygen atoms in total. The minimum Gasteiger partial charge on any atom is -0.335 e. The number of imidazole rings is 1. The molecule has 2 heterocycles. The third-order valence-electron chi connectivity index (χ3n) is 3.87. The molecule has 2 atom stereocenters. The number of carbonyl (C=O) groups excluding carboxylic acids is 1. The van der Waals surface area contributed by atoms with Crippen LogP contribution in [0.2, 0.25) is 0 Å². The highest BCUT2D eigenvalue weighted by Crippen LogP contribution is 2.28. The van der Waals surface area contributed by atoms with Crippen molar-refractivity contribution >= 4 is 17.4 Å². The van der Waals surface area contributed by atoms with Crippen LogP contribution in [-0.2, 0) is 13.0 Å². The summed E-state index contributed by atoms with van der Waals surface area (Å²) in [7, 11) is 1.83. The lowest BCUT2D eigenvalue weighted by Crippen LogP contribution is -2.44. The van der Waals surface area contributed by atoms with Gasteiger partial charge in [-0.3, -0.25) is 0 Å². The van der Waals surface area contributed by atoms with Crippen LogP contribution in [0.3, 0.4) is 0 Å². The second-order valence-corrected chi connectivity index (χ2v) is 6.92. The lowest BCUT2D eigenvalue weighted by molar-refractivity contribution is 0.190. The molecule has 0 fully saturated rings. The lowest BCUT2D eigenvalue weighted by atomic mass is 10.2. The molecule has 2 aromatic heterocycles. The zero-order chi connectivity index (χ0) is 17.0.